The minimum Gasteiger partial charge on any atom is -0.484 e. The number of nitrogens with one attached hydrogen (secondary N) is 2. The molecular formula is C25H25ClN4O5S. The number of carbonyl (C=O) groups excluding carboxylic acids is 2. The first-order chi connectivity index (χ1) is 17.2. The zero-order chi connectivity index (χ0) is 26.0. The molecule has 0 bridgehead atoms. The second kappa shape index (κ2) is 12.7. The summed E-state index contributed by atoms with van der Waals surface area (Å²) in [5.41, 5.74) is 4.15. The first-order valence-corrected chi connectivity index (χ1v) is 13.0. The fourth-order valence-corrected chi connectivity index (χ4v) is 4.18. The molecule has 9 nitrogen and oxygen atoms in total. The third-order valence-electron chi connectivity index (χ3n) is 4.79. The highest BCUT2D eigenvalue weighted by atomic mass is 35.5. The van der Waals surface area contributed by atoms with Crippen molar-refractivity contribution in [3.8, 4) is 5.75 Å². The van der Waals surface area contributed by atoms with Gasteiger partial charge in [-0.1, -0.05) is 54.1 Å². The molecule has 11 heteroatoms. The normalized spacial score (nSPS) is 11.2. The van der Waals surface area contributed by atoms with Gasteiger partial charge in [0.05, 0.1) is 23.2 Å². The molecule has 0 spiro atoms. The van der Waals surface area contributed by atoms with E-state index in [1.54, 1.807) is 36.4 Å². The molecule has 0 saturated heterocycles. The van der Waals surface area contributed by atoms with Gasteiger partial charge in [0.25, 0.3) is 11.8 Å². The standard InChI is InChI=1S/C25H25ClN4O5S/c1-36(33,34)30(23-10-6-5-9-22(23)26)17-24(31)29-28-16-20-11-13-21(14-12-20)35-18-25(32)27-15-19-7-3-2-4-8-19/h2-14,16H,15,17-18H2,1H3,(H,27,32)(H,29,31)/b28-16-. The highest BCUT2D eigenvalue weighted by Gasteiger charge is 2.22. The van der Waals surface area contributed by atoms with Crippen LogP contribution in [-0.2, 0) is 26.2 Å². The number of amides is 2. The number of hydrazone groups is 1. The predicted octanol–water partition coefficient (Wildman–Crippen LogP) is 2.95. The van der Waals surface area contributed by atoms with Gasteiger partial charge in [0, 0.05) is 6.54 Å². The van der Waals surface area contributed by atoms with Crippen molar-refractivity contribution in [2.45, 2.75) is 6.54 Å². The Morgan fingerprint density at radius 3 is 2.31 bits per heavy atom. The molecule has 0 unspecified atom stereocenters. The van der Waals surface area contributed by atoms with Gasteiger partial charge < -0.3 is 10.1 Å². The van der Waals surface area contributed by atoms with E-state index in [0.29, 0.717) is 17.9 Å². The molecule has 3 aromatic carbocycles. The smallest absolute Gasteiger partial charge is 0.260 e. The van der Waals surface area contributed by atoms with Crippen molar-refractivity contribution in [1.82, 2.24) is 10.7 Å². The number of hydrogen-bond acceptors (Lipinski definition) is 6. The number of benzene rings is 3. The van der Waals surface area contributed by atoms with E-state index in [-0.39, 0.29) is 23.2 Å². The lowest BCUT2D eigenvalue weighted by Crippen LogP contribution is -2.39. The largest absolute Gasteiger partial charge is 0.484 e. The van der Waals surface area contributed by atoms with Crippen molar-refractivity contribution in [2.24, 2.45) is 5.10 Å². The summed E-state index contributed by atoms with van der Waals surface area (Å²) in [5.74, 6) is -0.389. The molecule has 36 heavy (non-hydrogen) atoms. The Kier molecular flexibility index (Phi) is 9.43. The lowest BCUT2D eigenvalue weighted by molar-refractivity contribution is -0.123. The maximum atomic E-state index is 12.3. The van der Waals surface area contributed by atoms with E-state index in [0.717, 1.165) is 16.1 Å². The Bertz CT molecular complexity index is 1320. The van der Waals surface area contributed by atoms with Gasteiger partial charge in [0.1, 0.15) is 12.3 Å². The van der Waals surface area contributed by atoms with E-state index in [4.69, 9.17) is 16.3 Å². The molecule has 0 aromatic heterocycles. The van der Waals surface area contributed by atoms with Crippen molar-refractivity contribution in [3.05, 3.63) is 95.0 Å². The fourth-order valence-electron chi connectivity index (χ4n) is 3.03. The zero-order valence-electron chi connectivity index (χ0n) is 19.4. The Balaban J connectivity index is 1.47. The summed E-state index contributed by atoms with van der Waals surface area (Å²) in [6.45, 7) is -0.192. The third-order valence-corrected chi connectivity index (χ3v) is 6.24. The summed E-state index contributed by atoms with van der Waals surface area (Å²) < 4.78 is 30.7. The minimum absolute atomic E-state index is 0.126. The summed E-state index contributed by atoms with van der Waals surface area (Å²) in [5, 5.41) is 6.85. The quantitative estimate of drug-likeness (QED) is 0.293. The van der Waals surface area contributed by atoms with Crippen LogP contribution in [0.5, 0.6) is 5.75 Å². The van der Waals surface area contributed by atoms with Crippen LogP contribution in [0.2, 0.25) is 5.02 Å². The van der Waals surface area contributed by atoms with Crippen molar-refractivity contribution >= 4 is 45.3 Å². The fraction of sp³-hybridized carbons (Fsp3) is 0.160. The molecule has 0 fully saturated rings. The number of hydrogen-bond donors (Lipinski definition) is 2. The number of para-hydroxylation sites is 1. The van der Waals surface area contributed by atoms with Crippen molar-refractivity contribution in [3.63, 3.8) is 0 Å². The van der Waals surface area contributed by atoms with Crippen molar-refractivity contribution < 1.29 is 22.7 Å². The van der Waals surface area contributed by atoms with Gasteiger partial charge in [0.15, 0.2) is 6.61 Å². The van der Waals surface area contributed by atoms with Crippen molar-refractivity contribution in [2.75, 3.05) is 23.7 Å². The molecule has 0 radical (unpaired) electrons. The third kappa shape index (κ3) is 8.40. The average Bonchev–Trinajstić information content (AvgIpc) is 2.86. The van der Waals surface area contributed by atoms with Gasteiger partial charge in [0.2, 0.25) is 10.0 Å². The van der Waals surface area contributed by atoms with Crippen molar-refractivity contribution in [1.29, 1.82) is 0 Å². The summed E-state index contributed by atoms with van der Waals surface area (Å²) in [4.78, 5) is 24.3. The zero-order valence-corrected chi connectivity index (χ0v) is 21.0. The maximum absolute atomic E-state index is 12.3. The predicted molar refractivity (Wildman–Crippen MR) is 140 cm³/mol. The van der Waals surface area contributed by atoms with Crippen LogP contribution in [0.1, 0.15) is 11.1 Å². The summed E-state index contributed by atoms with van der Waals surface area (Å²) in [6, 6.07) is 22.6. The van der Waals surface area contributed by atoms with Crippen LogP contribution in [0.15, 0.2) is 84.0 Å². The molecule has 0 atom stereocenters. The number of sulfonamides is 1. The van der Waals surface area contributed by atoms with E-state index in [1.165, 1.54) is 18.3 Å². The van der Waals surface area contributed by atoms with Crippen LogP contribution in [0.25, 0.3) is 0 Å². The molecule has 3 aromatic rings. The van der Waals surface area contributed by atoms with Crippen LogP contribution in [0, 0.1) is 0 Å². The maximum Gasteiger partial charge on any atom is 0.260 e. The lowest BCUT2D eigenvalue weighted by Gasteiger charge is -2.22. The lowest BCUT2D eigenvalue weighted by atomic mass is 10.2. The number of halogens is 1. The van der Waals surface area contributed by atoms with Crippen LogP contribution in [-0.4, -0.2) is 45.9 Å². The second-order valence-electron chi connectivity index (χ2n) is 7.63. The summed E-state index contributed by atoms with van der Waals surface area (Å²) >= 11 is 6.09. The molecule has 2 amide bonds. The number of rotatable bonds is 11. The molecule has 2 N–H and O–H groups in total. The van der Waals surface area contributed by atoms with Crippen LogP contribution in [0.3, 0.4) is 0 Å². The monoisotopic (exact) mass is 528 g/mol. The van der Waals surface area contributed by atoms with Gasteiger partial charge in [-0.2, -0.15) is 5.10 Å². The van der Waals surface area contributed by atoms with E-state index < -0.39 is 22.5 Å². The molecule has 0 aliphatic rings. The number of anilines is 1. The highest BCUT2D eigenvalue weighted by Crippen LogP contribution is 2.26. The molecule has 0 heterocycles. The SMILES string of the molecule is CS(=O)(=O)N(CC(=O)N/N=C\c1ccc(OCC(=O)NCc2ccccc2)cc1)c1ccccc1Cl. The Labute approximate surface area is 214 Å². The molecular weight excluding hydrogens is 504 g/mol. The molecule has 0 aliphatic heterocycles. The minimum atomic E-state index is -3.75. The van der Waals surface area contributed by atoms with Gasteiger partial charge in [-0.15, -0.1) is 0 Å². The molecule has 188 valence electrons. The molecule has 0 aliphatic carbocycles. The number of carbonyl (C=O) groups is 2. The van der Waals surface area contributed by atoms with E-state index in [9.17, 15) is 18.0 Å². The first-order valence-electron chi connectivity index (χ1n) is 10.8. The number of ether oxygens (including phenoxy) is 1. The van der Waals surface area contributed by atoms with E-state index >= 15 is 0 Å². The Morgan fingerprint density at radius 1 is 0.972 bits per heavy atom. The van der Waals surface area contributed by atoms with E-state index in [2.05, 4.69) is 15.8 Å². The summed E-state index contributed by atoms with van der Waals surface area (Å²) in [7, 11) is -3.75. The van der Waals surface area contributed by atoms with Crippen LogP contribution < -0.4 is 19.8 Å². The van der Waals surface area contributed by atoms with Crippen LogP contribution in [0.4, 0.5) is 5.69 Å². The Hall–Kier alpha value is -3.89. The molecule has 3 rings (SSSR count). The van der Waals surface area contributed by atoms with Gasteiger partial charge in [-0.25, -0.2) is 13.8 Å². The second-order valence-corrected chi connectivity index (χ2v) is 9.95. The Morgan fingerprint density at radius 2 is 1.64 bits per heavy atom. The molecule has 0 saturated carbocycles. The van der Waals surface area contributed by atoms with Gasteiger partial charge in [-0.3, -0.25) is 13.9 Å². The van der Waals surface area contributed by atoms with Gasteiger partial charge >= 0.3 is 0 Å². The highest BCUT2D eigenvalue weighted by molar-refractivity contribution is 7.92. The summed E-state index contributed by atoms with van der Waals surface area (Å²) in [6.07, 6.45) is 2.39. The number of nitrogens with zero attached hydrogens (tertiary/aromatic N) is 2. The van der Waals surface area contributed by atoms with Gasteiger partial charge in [-0.05, 0) is 47.5 Å². The topological polar surface area (TPSA) is 117 Å². The van der Waals surface area contributed by atoms with Crippen LogP contribution >= 0.6 is 11.6 Å². The average molecular weight is 529 g/mol. The first kappa shape index (κ1) is 26.7. The van der Waals surface area contributed by atoms with E-state index in [1.807, 2.05) is 30.3 Å².